The Hall–Kier alpha value is -0.280. The van der Waals surface area contributed by atoms with Crippen molar-refractivity contribution in [2.45, 2.75) is 19.1 Å². The Morgan fingerprint density at radius 3 is 2.08 bits per heavy atom. The summed E-state index contributed by atoms with van der Waals surface area (Å²) in [5.41, 5.74) is 6.45. The molecule has 0 saturated carbocycles. The van der Waals surface area contributed by atoms with E-state index < -0.39 is 12.1 Å². The number of hydrogen-bond acceptors (Lipinski definition) is 2. The van der Waals surface area contributed by atoms with Crippen LogP contribution in [0.5, 0.6) is 0 Å². The highest BCUT2D eigenvalue weighted by molar-refractivity contribution is 6.34. The highest BCUT2D eigenvalue weighted by atomic mass is 35.5. The van der Waals surface area contributed by atoms with Crippen LogP contribution >= 0.6 is 23.2 Å². The fourth-order valence-electron chi connectivity index (χ4n) is 1.05. The summed E-state index contributed by atoms with van der Waals surface area (Å²) in [6, 6.07) is 4.58. The lowest BCUT2D eigenvalue weighted by Gasteiger charge is -2.15. The Bertz CT molecular complexity index is 281. The Labute approximate surface area is 87.3 Å². The average molecular weight is 220 g/mol. The van der Waals surface area contributed by atoms with E-state index in [1.54, 1.807) is 25.1 Å². The molecule has 0 bridgehead atoms. The molecule has 0 aliphatic rings. The molecule has 72 valence electrons. The van der Waals surface area contributed by atoms with Gasteiger partial charge in [-0.2, -0.15) is 0 Å². The maximum absolute atomic E-state index is 9.24. The Kier molecular flexibility index (Phi) is 3.56. The number of benzene rings is 1. The van der Waals surface area contributed by atoms with Gasteiger partial charge in [0, 0.05) is 10.0 Å². The van der Waals surface area contributed by atoms with Gasteiger partial charge in [0.05, 0.1) is 12.1 Å². The van der Waals surface area contributed by atoms with Gasteiger partial charge in [0.2, 0.25) is 0 Å². The zero-order valence-corrected chi connectivity index (χ0v) is 8.68. The summed E-state index contributed by atoms with van der Waals surface area (Å²) in [5.74, 6) is 0. The second kappa shape index (κ2) is 4.29. The third kappa shape index (κ3) is 2.85. The van der Waals surface area contributed by atoms with Crippen molar-refractivity contribution in [1.82, 2.24) is 0 Å². The van der Waals surface area contributed by atoms with Crippen molar-refractivity contribution in [2.75, 3.05) is 0 Å². The fourth-order valence-corrected chi connectivity index (χ4v) is 1.59. The fraction of sp³-hybridized carbons (Fsp3) is 0.333. The SMILES string of the molecule is C[C@H](O)[C@@H](N)c1cc(Cl)cc(Cl)c1. The van der Waals surface area contributed by atoms with Crippen molar-refractivity contribution in [1.29, 1.82) is 0 Å². The summed E-state index contributed by atoms with van der Waals surface area (Å²) in [4.78, 5) is 0. The number of aliphatic hydroxyl groups excluding tert-OH is 1. The molecule has 1 aromatic rings. The maximum atomic E-state index is 9.24. The highest BCUT2D eigenvalue weighted by Crippen LogP contribution is 2.23. The molecule has 0 amide bonds. The lowest BCUT2D eigenvalue weighted by Crippen LogP contribution is -2.23. The lowest BCUT2D eigenvalue weighted by atomic mass is 10.0. The van der Waals surface area contributed by atoms with E-state index in [0.717, 1.165) is 5.56 Å². The summed E-state index contributed by atoms with van der Waals surface area (Å²) in [5, 5.41) is 10.3. The van der Waals surface area contributed by atoms with Gasteiger partial charge >= 0.3 is 0 Å². The van der Waals surface area contributed by atoms with Gasteiger partial charge in [-0.3, -0.25) is 0 Å². The van der Waals surface area contributed by atoms with Crippen molar-refractivity contribution in [3.63, 3.8) is 0 Å². The summed E-state index contributed by atoms with van der Waals surface area (Å²) < 4.78 is 0. The molecule has 0 aromatic heterocycles. The van der Waals surface area contributed by atoms with Crippen molar-refractivity contribution < 1.29 is 5.11 Å². The van der Waals surface area contributed by atoms with Crippen LogP contribution in [0.4, 0.5) is 0 Å². The number of halogens is 2. The number of rotatable bonds is 2. The van der Waals surface area contributed by atoms with Gasteiger partial charge in [-0.25, -0.2) is 0 Å². The first-order valence-corrected chi connectivity index (χ1v) is 4.66. The van der Waals surface area contributed by atoms with Gasteiger partial charge in [-0.05, 0) is 30.7 Å². The molecule has 0 radical (unpaired) electrons. The molecule has 0 heterocycles. The summed E-state index contributed by atoms with van der Waals surface area (Å²) in [6.45, 7) is 1.62. The second-order valence-corrected chi connectivity index (χ2v) is 3.84. The molecule has 1 aromatic carbocycles. The smallest absolute Gasteiger partial charge is 0.0704 e. The minimum absolute atomic E-state index is 0.448. The minimum Gasteiger partial charge on any atom is -0.391 e. The van der Waals surface area contributed by atoms with Gasteiger partial charge in [-0.1, -0.05) is 23.2 Å². The zero-order chi connectivity index (χ0) is 10.0. The standard InChI is InChI=1S/C9H11Cl2NO/c1-5(13)9(12)6-2-7(10)4-8(11)3-6/h2-5,9,13H,12H2,1H3/t5-,9+/m0/s1. The minimum atomic E-state index is -0.616. The third-order valence-corrected chi connectivity index (χ3v) is 2.23. The second-order valence-electron chi connectivity index (χ2n) is 2.97. The molecule has 1 rings (SSSR count). The first-order chi connectivity index (χ1) is 6.00. The summed E-state index contributed by atoms with van der Waals surface area (Å²) in [7, 11) is 0. The monoisotopic (exact) mass is 219 g/mol. The first kappa shape index (κ1) is 10.8. The zero-order valence-electron chi connectivity index (χ0n) is 7.17. The number of hydrogen-bond donors (Lipinski definition) is 2. The Morgan fingerprint density at radius 1 is 1.23 bits per heavy atom. The molecule has 0 unspecified atom stereocenters. The molecule has 0 saturated heterocycles. The Morgan fingerprint density at radius 2 is 1.69 bits per heavy atom. The molecular formula is C9H11Cl2NO. The topological polar surface area (TPSA) is 46.2 Å². The average Bonchev–Trinajstić information content (AvgIpc) is 2.01. The molecule has 0 fully saturated rings. The normalized spacial score (nSPS) is 15.5. The molecule has 2 nitrogen and oxygen atoms in total. The molecule has 3 N–H and O–H groups in total. The molecule has 13 heavy (non-hydrogen) atoms. The van der Waals surface area contributed by atoms with Gasteiger partial charge in [0.25, 0.3) is 0 Å². The van der Waals surface area contributed by atoms with Crippen LogP contribution in [0, 0.1) is 0 Å². The lowest BCUT2D eigenvalue weighted by molar-refractivity contribution is 0.164. The van der Waals surface area contributed by atoms with E-state index in [0.29, 0.717) is 10.0 Å². The van der Waals surface area contributed by atoms with Crippen molar-refractivity contribution >= 4 is 23.2 Å². The van der Waals surface area contributed by atoms with Crippen LogP contribution in [0.2, 0.25) is 10.0 Å². The quantitative estimate of drug-likeness (QED) is 0.803. The van der Waals surface area contributed by atoms with E-state index in [4.69, 9.17) is 28.9 Å². The highest BCUT2D eigenvalue weighted by Gasteiger charge is 2.12. The van der Waals surface area contributed by atoms with E-state index >= 15 is 0 Å². The molecule has 0 spiro atoms. The first-order valence-electron chi connectivity index (χ1n) is 3.90. The summed E-state index contributed by atoms with van der Waals surface area (Å²) in [6.07, 6.45) is -0.616. The van der Waals surface area contributed by atoms with Crippen LogP contribution in [-0.4, -0.2) is 11.2 Å². The third-order valence-electron chi connectivity index (χ3n) is 1.79. The Balaban J connectivity index is 3.01. The van der Waals surface area contributed by atoms with E-state index in [2.05, 4.69) is 0 Å². The predicted octanol–water partition coefficient (Wildman–Crippen LogP) is 2.37. The largest absolute Gasteiger partial charge is 0.391 e. The number of aliphatic hydroxyl groups is 1. The molecule has 0 aliphatic heterocycles. The van der Waals surface area contributed by atoms with E-state index in [1.807, 2.05) is 0 Å². The van der Waals surface area contributed by atoms with Gasteiger partial charge < -0.3 is 10.8 Å². The molecular weight excluding hydrogens is 209 g/mol. The van der Waals surface area contributed by atoms with Gasteiger partial charge in [0.15, 0.2) is 0 Å². The van der Waals surface area contributed by atoms with Crippen molar-refractivity contribution in [3.8, 4) is 0 Å². The van der Waals surface area contributed by atoms with E-state index in [1.165, 1.54) is 0 Å². The summed E-state index contributed by atoms with van der Waals surface area (Å²) >= 11 is 11.6. The van der Waals surface area contributed by atoms with Crippen LogP contribution < -0.4 is 5.73 Å². The van der Waals surface area contributed by atoms with Crippen LogP contribution in [0.25, 0.3) is 0 Å². The van der Waals surface area contributed by atoms with E-state index in [9.17, 15) is 5.11 Å². The molecule has 0 aliphatic carbocycles. The van der Waals surface area contributed by atoms with Crippen molar-refractivity contribution in [2.24, 2.45) is 5.73 Å². The maximum Gasteiger partial charge on any atom is 0.0704 e. The number of nitrogens with two attached hydrogens (primary N) is 1. The van der Waals surface area contributed by atoms with Crippen LogP contribution in [0.1, 0.15) is 18.5 Å². The van der Waals surface area contributed by atoms with Crippen LogP contribution in [0.15, 0.2) is 18.2 Å². The van der Waals surface area contributed by atoms with Crippen molar-refractivity contribution in [3.05, 3.63) is 33.8 Å². The molecule has 4 heteroatoms. The van der Waals surface area contributed by atoms with Crippen LogP contribution in [0.3, 0.4) is 0 Å². The van der Waals surface area contributed by atoms with Gasteiger partial charge in [0.1, 0.15) is 0 Å². The molecule has 2 atom stereocenters. The predicted molar refractivity (Wildman–Crippen MR) is 55.1 cm³/mol. The van der Waals surface area contributed by atoms with E-state index in [-0.39, 0.29) is 0 Å². The van der Waals surface area contributed by atoms with Gasteiger partial charge in [-0.15, -0.1) is 0 Å². The van der Waals surface area contributed by atoms with Crippen LogP contribution in [-0.2, 0) is 0 Å².